The minimum Gasteiger partial charge on any atom is -0.494 e. The molecule has 0 fully saturated rings. The van der Waals surface area contributed by atoms with Crippen LogP contribution < -0.4 is 4.74 Å². The quantitative estimate of drug-likeness (QED) is 0.671. The summed E-state index contributed by atoms with van der Waals surface area (Å²) in [6.07, 6.45) is 2.57. The fourth-order valence-corrected chi connectivity index (χ4v) is 1.42. The van der Waals surface area contributed by atoms with E-state index in [1.54, 1.807) is 0 Å². The lowest BCUT2D eigenvalue weighted by atomic mass is 10.1. The molecule has 0 amide bonds. The Labute approximate surface area is 84.0 Å². The first-order chi connectivity index (χ1) is 6.29. The number of hydrogen-bond donors (Lipinski definition) is 0. The molecule has 0 bridgehead atoms. The van der Waals surface area contributed by atoms with Crippen LogP contribution in [0, 0.1) is 0 Å². The smallest absolute Gasteiger partial charge is 0.124 e. The molecule has 13 heavy (non-hydrogen) atoms. The first-order valence-corrected chi connectivity index (χ1v) is 4.68. The van der Waals surface area contributed by atoms with E-state index in [1.807, 2.05) is 31.2 Å². The largest absolute Gasteiger partial charge is 0.494 e. The lowest BCUT2D eigenvalue weighted by Gasteiger charge is -2.09. The lowest BCUT2D eigenvalue weighted by Crippen LogP contribution is -1.96. The Kier molecular flexibility index (Phi) is 3.84. The summed E-state index contributed by atoms with van der Waals surface area (Å²) >= 11 is 6.02. The molecule has 0 aliphatic rings. The van der Waals surface area contributed by atoms with Crippen molar-refractivity contribution in [2.45, 2.75) is 13.3 Å². The normalized spacial score (nSPS) is 9.69. The predicted octanol–water partition coefficient (Wildman–Crippen LogP) is 3.47. The fraction of sp³-hybridized carbons (Fsp3) is 0.273. The molecule has 0 atom stereocenters. The Morgan fingerprint density at radius 3 is 2.92 bits per heavy atom. The van der Waals surface area contributed by atoms with E-state index < -0.39 is 0 Å². The number of allylic oxidation sites excluding steroid dienone is 1. The highest BCUT2D eigenvalue weighted by Gasteiger charge is 2.05. The maximum absolute atomic E-state index is 6.02. The minimum absolute atomic E-state index is 0.657. The Hall–Kier alpha value is -0.950. The Morgan fingerprint density at radius 1 is 1.54 bits per heavy atom. The van der Waals surface area contributed by atoms with Crippen LogP contribution in [-0.4, -0.2) is 6.61 Å². The van der Waals surface area contributed by atoms with Crippen LogP contribution in [0.1, 0.15) is 12.5 Å². The third kappa shape index (κ3) is 2.49. The third-order valence-corrected chi connectivity index (χ3v) is 2.08. The van der Waals surface area contributed by atoms with Gasteiger partial charge in [0, 0.05) is 10.6 Å². The lowest BCUT2D eigenvalue weighted by molar-refractivity contribution is 0.337. The van der Waals surface area contributed by atoms with Crippen molar-refractivity contribution in [1.29, 1.82) is 0 Å². The maximum Gasteiger partial charge on any atom is 0.124 e. The van der Waals surface area contributed by atoms with Crippen LogP contribution in [-0.2, 0) is 6.42 Å². The van der Waals surface area contributed by atoms with E-state index in [2.05, 4.69) is 6.58 Å². The van der Waals surface area contributed by atoms with E-state index in [4.69, 9.17) is 16.3 Å². The van der Waals surface area contributed by atoms with Gasteiger partial charge in [0.05, 0.1) is 6.61 Å². The standard InChI is InChI=1S/C11H13ClO/c1-3-6-9-10(12)7-5-8-11(9)13-4-2/h3,5,7-8H,1,4,6H2,2H3. The highest BCUT2D eigenvalue weighted by molar-refractivity contribution is 6.31. The van der Waals surface area contributed by atoms with Gasteiger partial charge < -0.3 is 4.74 Å². The molecule has 1 rings (SSSR count). The summed E-state index contributed by atoms with van der Waals surface area (Å²) in [5.41, 5.74) is 1.01. The molecule has 1 aromatic rings. The van der Waals surface area contributed by atoms with Crippen LogP contribution in [0.4, 0.5) is 0 Å². The van der Waals surface area contributed by atoms with Crippen molar-refractivity contribution < 1.29 is 4.74 Å². The summed E-state index contributed by atoms with van der Waals surface area (Å²) in [5.74, 6) is 0.856. The van der Waals surface area contributed by atoms with E-state index in [9.17, 15) is 0 Å². The predicted molar refractivity (Wildman–Crippen MR) is 56.5 cm³/mol. The van der Waals surface area contributed by atoms with Crippen molar-refractivity contribution in [2.24, 2.45) is 0 Å². The van der Waals surface area contributed by atoms with Crippen molar-refractivity contribution in [3.8, 4) is 5.75 Å². The molecule has 1 aromatic carbocycles. The molecule has 0 unspecified atom stereocenters. The molecule has 1 nitrogen and oxygen atoms in total. The van der Waals surface area contributed by atoms with E-state index in [0.29, 0.717) is 6.61 Å². The number of benzene rings is 1. The summed E-state index contributed by atoms with van der Waals surface area (Å²) in [6, 6.07) is 5.68. The topological polar surface area (TPSA) is 9.23 Å². The number of rotatable bonds is 4. The molecule has 0 radical (unpaired) electrons. The van der Waals surface area contributed by atoms with Gasteiger partial charge in [0.25, 0.3) is 0 Å². The van der Waals surface area contributed by atoms with Gasteiger partial charge in [-0.15, -0.1) is 6.58 Å². The summed E-state index contributed by atoms with van der Waals surface area (Å²) in [5, 5.41) is 0.742. The number of halogens is 1. The average molecular weight is 197 g/mol. The Morgan fingerprint density at radius 2 is 2.31 bits per heavy atom. The van der Waals surface area contributed by atoms with E-state index in [0.717, 1.165) is 22.8 Å². The van der Waals surface area contributed by atoms with Gasteiger partial charge in [-0.25, -0.2) is 0 Å². The van der Waals surface area contributed by atoms with Crippen molar-refractivity contribution >= 4 is 11.6 Å². The van der Waals surface area contributed by atoms with Crippen LogP contribution in [0.15, 0.2) is 30.9 Å². The van der Waals surface area contributed by atoms with E-state index in [1.165, 1.54) is 0 Å². The minimum atomic E-state index is 0.657. The zero-order valence-electron chi connectivity index (χ0n) is 7.72. The fourth-order valence-electron chi connectivity index (χ4n) is 1.17. The molecule has 0 spiro atoms. The molecule has 70 valence electrons. The van der Waals surface area contributed by atoms with Gasteiger partial charge in [-0.2, -0.15) is 0 Å². The van der Waals surface area contributed by atoms with Gasteiger partial charge >= 0.3 is 0 Å². The summed E-state index contributed by atoms with van der Waals surface area (Å²) in [4.78, 5) is 0. The van der Waals surface area contributed by atoms with Crippen LogP contribution >= 0.6 is 11.6 Å². The molecule has 0 N–H and O–H groups in total. The molecular weight excluding hydrogens is 184 g/mol. The van der Waals surface area contributed by atoms with Crippen molar-refractivity contribution in [1.82, 2.24) is 0 Å². The van der Waals surface area contributed by atoms with Crippen LogP contribution in [0.5, 0.6) is 5.75 Å². The zero-order chi connectivity index (χ0) is 9.68. The summed E-state index contributed by atoms with van der Waals surface area (Å²) in [7, 11) is 0. The molecule has 0 aliphatic heterocycles. The summed E-state index contributed by atoms with van der Waals surface area (Å²) in [6.45, 7) is 6.30. The van der Waals surface area contributed by atoms with E-state index in [-0.39, 0.29) is 0 Å². The number of hydrogen-bond acceptors (Lipinski definition) is 1. The first kappa shape index (κ1) is 10.1. The van der Waals surface area contributed by atoms with Crippen molar-refractivity contribution in [3.63, 3.8) is 0 Å². The first-order valence-electron chi connectivity index (χ1n) is 4.30. The van der Waals surface area contributed by atoms with Crippen LogP contribution in [0.25, 0.3) is 0 Å². The van der Waals surface area contributed by atoms with Crippen molar-refractivity contribution in [3.05, 3.63) is 41.4 Å². The van der Waals surface area contributed by atoms with Crippen LogP contribution in [0.2, 0.25) is 5.02 Å². The molecular formula is C11H13ClO. The molecule has 0 aliphatic carbocycles. The molecule has 2 heteroatoms. The average Bonchev–Trinajstić information content (AvgIpc) is 2.11. The van der Waals surface area contributed by atoms with Gasteiger partial charge in [-0.05, 0) is 25.5 Å². The van der Waals surface area contributed by atoms with Gasteiger partial charge in [0.15, 0.2) is 0 Å². The van der Waals surface area contributed by atoms with Gasteiger partial charge in [0.2, 0.25) is 0 Å². The van der Waals surface area contributed by atoms with Crippen LogP contribution in [0.3, 0.4) is 0 Å². The zero-order valence-corrected chi connectivity index (χ0v) is 8.47. The molecule has 0 heterocycles. The molecule has 0 saturated carbocycles. The SMILES string of the molecule is C=CCc1c(Cl)cccc1OCC. The Bertz CT molecular complexity index is 294. The number of ether oxygens (including phenoxy) is 1. The van der Waals surface area contributed by atoms with Gasteiger partial charge in [0.1, 0.15) is 5.75 Å². The monoisotopic (exact) mass is 196 g/mol. The second-order valence-electron chi connectivity index (χ2n) is 2.64. The maximum atomic E-state index is 6.02. The second kappa shape index (κ2) is 4.93. The van der Waals surface area contributed by atoms with E-state index >= 15 is 0 Å². The van der Waals surface area contributed by atoms with Gasteiger partial charge in [-0.1, -0.05) is 23.7 Å². The highest BCUT2D eigenvalue weighted by Crippen LogP contribution is 2.26. The molecule has 0 aromatic heterocycles. The molecule has 0 saturated heterocycles. The van der Waals surface area contributed by atoms with Crippen molar-refractivity contribution in [2.75, 3.05) is 6.61 Å². The summed E-state index contributed by atoms with van der Waals surface area (Å²) < 4.78 is 5.44. The second-order valence-corrected chi connectivity index (χ2v) is 3.05. The third-order valence-electron chi connectivity index (χ3n) is 1.72. The Balaban J connectivity index is 3.01. The highest BCUT2D eigenvalue weighted by atomic mass is 35.5. The van der Waals surface area contributed by atoms with Gasteiger partial charge in [-0.3, -0.25) is 0 Å².